The molecule has 1 aliphatic carbocycles. The molecule has 0 radical (unpaired) electrons. The van der Waals surface area contributed by atoms with Gasteiger partial charge in [-0.2, -0.15) is 0 Å². The molecule has 82 valence electrons. The Labute approximate surface area is 86.5 Å². The van der Waals surface area contributed by atoms with Crippen molar-refractivity contribution in [3.63, 3.8) is 0 Å². The topological polar surface area (TPSA) is 29.5 Å². The zero-order valence-electron chi connectivity index (χ0n) is 8.12. The average molecular weight is 214 g/mol. The summed E-state index contributed by atoms with van der Waals surface area (Å²) in [5.41, 5.74) is 0. The van der Waals surface area contributed by atoms with E-state index >= 15 is 0 Å². The fourth-order valence-corrected chi connectivity index (χ4v) is 1.77. The SMILES string of the molecule is O[C@@H]1CCC[C@H]1Oc1cc(F)ccc1F. The number of rotatable bonds is 2. The van der Waals surface area contributed by atoms with Gasteiger partial charge in [-0.3, -0.25) is 0 Å². The van der Waals surface area contributed by atoms with Gasteiger partial charge in [0.1, 0.15) is 11.9 Å². The van der Waals surface area contributed by atoms with Crippen molar-refractivity contribution in [3.05, 3.63) is 29.8 Å². The van der Waals surface area contributed by atoms with E-state index in [9.17, 15) is 13.9 Å². The van der Waals surface area contributed by atoms with Gasteiger partial charge in [-0.1, -0.05) is 0 Å². The van der Waals surface area contributed by atoms with Crippen molar-refractivity contribution in [1.82, 2.24) is 0 Å². The van der Waals surface area contributed by atoms with Crippen molar-refractivity contribution >= 4 is 0 Å². The molecule has 1 aromatic rings. The Kier molecular flexibility index (Phi) is 2.86. The Morgan fingerprint density at radius 3 is 2.73 bits per heavy atom. The molecule has 1 aliphatic rings. The summed E-state index contributed by atoms with van der Waals surface area (Å²) in [5, 5.41) is 9.47. The summed E-state index contributed by atoms with van der Waals surface area (Å²) in [5.74, 6) is -1.27. The van der Waals surface area contributed by atoms with Gasteiger partial charge in [-0.05, 0) is 31.4 Å². The lowest BCUT2D eigenvalue weighted by atomic mass is 10.2. The third-order valence-corrected chi connectivity index (χ3v) is 2.59. The minimum atomic E-state index is -0.601. The van der Waals surface area contributed by atoms with Crippen LogP contribution >= 0.6 is 0 Å². The smallest absolute Gasteiger partial charge is 0.165 e. The summed E-state index contributed by atoms with van der Waals surface area (Å²) in [7, 11) is 0. The molecule has 0 aliphatic heterocycles. The van der Waals surface area contributed by atoms with Gasteiger partial charge in [0.25, 0.3) is 0 Å². The lowest BCUT2D eigenvalue weighted by Crippen LogP contribution is -2.26. The van der Waals surface area contributed by atoms with Crippen LogP contribution in [0.4, 0.5) is 8.78 Å². The highest BCUT2D eigenvalue weighted by Crippen LogP contribution is 2.26. The highest BCUT2D eigenvalue weighted by atomic mass is 19.1. The minimum Gasteiger partial charge on any atom is -0.485 e. The van der Waals surface area contributed by atoms with Crippen LogP contribution in [0.1, 0.15) is 19.3 Å². The summed E-state index contributed by atoms with van der Waals surface area (Å²) in [4.78, 5) is 0. The average Bonchev–Trinajstić information content (AvgIpc) is 2.58. The molecule has 2 nitrogen and oxygen atoms in total. The van der Waals surface area contributed by atoms with Crippen molar-refractivity contribution < 1.29 is 18.6 Å². The Morgan fingerprint density at radius 2 is 2.07 bits per heavy atom. The summed E-state index contributed by atoms with van der Waals surface area (Å²) in [6.07, 6.45) is 1.19. The van der Waals surface area contributed by atoms with E-state index in [1.807, 2.05) is 0 Å². The Hall–Kier alpha value is -1.16. The van der Waals surface area contributed by atoms with Crippen molar-refractivity contribution in [2.75, 3.05) is 0 Å². The summed E-state index contributed by atoms with van der Waals surface area (Å²) >= 11 is 0. The van der Waals surface area contributed by atoms with Crippen molar-refractivity contribution in [2.24, 2.45) is 0 Å². The van der Waals surface area contributed by atoms with Crippen molar-refractivity contribution in [2.45, 2.75) is 31.5 Å². The molecule has 1 saturated carbocycles. The normalized spacial score (nSPS) is 25.5. The second kappa shape index (κ2) is 4.14. The number of hydrogen-bond donors (Lipinski definition) is 1. The Morgan fingerprint density at radius 1 is 1.27 bits per heavy atom. The van der Waals surface area contributed by atoms with Crippen LogP contribution < -0.4 is 4.74 Å². The van der Waals surface area contributed by atoms with Crippen molar-refractivity contribution in [3.8, 4) is 5.75 Å². The first kappa shape index (κ1) is 10.4. The zero-order chi connectivity index (χ0) is 10.8. The van der Waals surface area contributed by atoms with Crippen LogP contribution in [-0.2, 0) is 0 Å². The molecule has 1 aromatic carbocycles. The number of aliphatic hydroxyl groups is 1. The van der Waals surface area contributed by atoms with E-state index in [4.69, 9.17) is 4.74 Å². The van der Waals surface area contributed by atoms with Crippen LogP contribution in [0.3, 0.4) is 0 Å². The van der Waals surface area contributed by atoms with Gasteiger partial charge in [0.05, 0.1) is 6.10 Å². The molecule has 2 rings (SSSR count). The molecule has 1 N–H and O–H groups in total. The van der Waals surface area contributed by atoms with Crippen LogP contribution in [-0.4, -0.2) is 17.3 Å². The Bertz CT molecular complexity index is 354. The summed E-state index contributed by atoms with van der Waals surface area (Å²) in [6, 6.07) is 3.06. The van der Waals surface area contributed by atoms with E-state index in [2.05, 4.69) is 0 Å². The van der Waals surface area contributed by atoms with Gasteiger partial charge >= 0.3 is 0 Å². The quantitative estimate of drug-likeness (QED) is 0.818. The van der Waals surface area contributed by atoms with Crippen LogP contribution in [0.2, 0.25) is 0 Å². The largest absolute Gasteiger partial charge is 0.485 e. The molecule has 4 heteroatoms. The molecular weight excluding hydrogens is 202 g/mol. The zero-order valence-corrected chi connectivity index (χ0v) is 8.12. The van der Waals surface area contributed by atoms with E-state index in [1.165, 1.54) is 0 Å². The molecule has 1 fully saturated rings. The summed E-state index contributed by atoms with van der Waals surface area (Å²) in [6.45, 7) is 0. The number of halogens is 2. The maximum Gasteiger partial charge on any atom is 0.165 e. The van der Waals surface area contributed by atoms with E-state index in [1.54, 1.807) is 0 Å². The number of ether oxygens (including phenoxy) is 1. The fourth-order valence-electron chi connectivity index (χ4n) is 1.77. The van der Waals surface area contributed by atoms with Gasteiger partial charge in [0.2, 0.25) is 0 Å². The lowest BCUT2D eigenvalue weighted by molar-refractivity contribution is 0.0576. The fraction of sp³-hybridized carbons (Fsp3) is 0.455. The summed E-state index contributed by atoms with van der Waals surface area (Å²) < 4.78 is 31.2. The van der Waals surface area contributed by atoms with Crippen molar-refractivity contribution in [1.29, 1.82) is 0 Å². The molecule has 0 spiro atoms. The van der Waals surface area contributed by atoms with Crippen LogP contribution in [0.5, 0.6) is 5.75 Å². The molecular formula is C11H12F2O2. The highest BCUT2D eigenvalue weighted by molar-refractivity contribution is 5.25. The van der Waals surface area contributed by atoms with Gasteiger partial charge in [0, 0.05) is 6.07 Å². The molecule has 0 amide bonds. The lowest BCUT2D eigenvalue weighted by Gasteiger charge is -2.17. The van der Waals surface area contributed by atoms with Gasteiger partial charge in [0.15, 0.2) is 11.6 Å². The van der Waals surface area contributed by atoms with Gasteiger partial charge < -0.3 is 9.84 Å². The third kappa shape index (κ3) is 2.26. The Balaban J connectivity index is 2.12. The maximum absolute atomic E-state index is 13.2. The van der Waals surface area contributed by atoms with Crippen LogP contribution in [0, 0.1) is 11.6 Å². The maximum atomic E-state index is 13.2. The van der Waals surface area contributed by atoms with E-state index in [0.29, 0.717) is 12.8 Å². The molecule has 2 atom stereocenters. The van der Waals surface area contributed by atoms with Gasteiger partial charge in [-0.15, -0.1) is 0 Å². The molecule has 0 saturated heterocycles. The highest BCUT2D eigenvalue weighted by Gasteiger charge is 2.27. The van der Waals surface area contributed by atoms with Crippen LogP contribution in [0.15, 0.2) is 18.2 Å². The third-order valence-electron chi connectivity index (χ3n) is 2.59. The number of benzene rings is 1. The van der Waals surface area contributed by atoms with E-state index < -0.39 is 23.8 Å². The van der Waals surface area contributed by atoms with Gasteiger partial charge in [-0.25, -0.2) is 8.78 Å². The molecule has 0 unspecified atom stereocenters. The van der Waals surface area contributed by atoms with E-state index in [-0.39, 0.29) is 5.75 Å². The molecule has 15 heavy (non-hydrogen) atoms. The minimum absolute atomic E-state index is 0.124. The molecule has 0 aromatic heterocycles. The second-order valence-corrected chi connectivity index (χ2v) is 3.73. The first-order chi connectivity index (χ1) is 7.16. The van der Waals surface area contributed by atoms with E-state index in [0.717, 1.165) is 24.6 Å². The first-order valence-electron chi connectivity index (χ1n) is 4.96. The molecule has 0 heterocycles. The predicted molar refractivity (Wildman–Crippen MR) is 50.6 cm³/mol. The molecule has 0 bridgehead atoms. The number of hydrogen-bond acceptors (Lipinski definition) is 2. The second-order valence-electron chi connectivity index (χ2n) is 3.73. The first-order valence-corrected chi connectivity index (χ1v) is 4.96. The predicted octanol–water partition coefficient (Wildman–Crippen LogP) is 2.26. The number of aliphatic hydroxyl groups excluding tert-OH is 1. The van der Waals surface area contributed by atoms with Crippen LogP contribution in [0.25, 0.3) is 0 Å². The standard InChI is InChI=1S/C11H12F2O2/c12-7-4-5-8(13)11(6-7)15-10-3-1-2-9(10)14/h4-6,9-10,14H,1-3H2/t9-,10-/m1/s1. The monoisotopic (exact) mass is 214 g/mol.